The van der Waals surface area contributed by atoms with Crippen molar-refractivity contribution in [2.45, 2.75) is 25.1 Å². The van der Waals surface area contributed by atoms with E-state index in [0.717, 1.165) is 0 Å². The predicted molar refractivity (Wildman–Crippen MR) is 44.4 cm³/mol. The van der Waals surface area contributed by atoms with Gasteiger partial charge in [-0.1, -0.05) is 0 Å². The van der Waals surface area contributed by atoms with Gasteiger partial charge in [-0.3, -0.25) is 0 Å². The number of halogens is 3. The molecule has 0 aromatic rings. The summed E-state index contributed by atoms with van der Waals surface area (Å²) < 4.78 is 44.0. The third-order valence-corrected chi connectivity index (χ3v) is 1.91. The van der Waals surface area contributed by atoms with Gasteiger partial charge in [-0.25, -0.2) is 4.79 Å². The Hall–Kier alpha value is -0.980. The number of carbonyl (C=O) groups is 1. The van der Waals surface area contributed by atoms with Crippen LogP contribution in [0.2, 0.25) is 0 Å². The van der Waals surface area contributed by atoms with Crippen LogP contribution in [0.1, 0.15) is 12.8 Å². The van der Waals surface area contributed by atoms with E-state index < -0.39 is 18.9 Å². The van der Waals surface area contributed by atoms with E-state index in [4.69, 9.17) is 4.74 Å². The van der Waals surface area contributed by atoms with Crippen LogP contribution in [0.25, 0.3) is 0 Å². The second-order valence-electron chi connectivity index (χ2n) is 3.22. The van der Waals surface area contributed by atoms with Gasteiger partial charge in [0.15, 0.2) is 6.61 Å². The second kappa shape index (κ2) is 5.20. The van der Waals surface area contributed by atoms with Crippen LogP contribution in [0.15, 0.2) is 0 Å². The van der Waals surface area contributed by atoms with E-state index in [9.17, 15) is 18.0 Å². The maximum atomic E-state index is 11.7. The molecule has 1 rings (SSSR count). The van der Waals surface area contributed by atoms with Gasteiger partial charge in [-0.2, -0.15) is 13.2 Å². The zero-order chi connectivity index (χ0) is 11.3. The van der Waals surface area contributed by atoms with E-state index in [0.29, 0.717) is 26.1 Å². The Morgan fingerprint density at radius 3 is 2.53 bits per heavy atom. The Morgan fingerprint density at radius 1 is 1.40 bits per heavy atom. The fourth-order valence-corrected chi connectivity index (χ4v) is 1.20. The zero-order valence-corrected chi connectivity index (χ0v) is 7.97. The molecule has 1 aliphatic heterocycles. The van der Waals surface area contributed by atoms with Crippen molar-refractivity contribution < 1.29 is 27.4 Å². The summed E-state index contributed by atoms with van der Waals surface area (Å²) in [5.74, 6) is 0. The van der Waals surface area contributed by atoms with Crippen molar-refractivity contribution in [1.82, 2.24) is 5.32 Å². The molecule has 0 aliphatic carbocycles. The quantitative estimate of drug-likeness (QED) is 0.776. The number of rotatable bonds is 2. The van der Waals surface area contributed by atoms with E-state index in [2.05, 4.69) is 10.1 Å². The number of hydrogen-bond acceptors (Lipinski definition) is 3. The molecule has 1 N–H and O–H groups in total. The second-order valence-corrected chi connectivity index (χ2v) is 3.22. The summed E-state index contributed by atoms with van der Waals surface area (Å²) in [4.78, 5) is 10.9. The monoisotopic (exact) mass is 227 g/mol. The highest BCUT2D eigenvalue weighted by Crippen LogP contribution is 2.14. The van der Waals surface area contributed by atoms with Crippen LogP contribution in [0, 0.1) is 0 Å². The Morgan fingerprint density at radius 2 is 2.00 bits per heavy atom. The number of amides is 1. The lowest BCUT2D eigenvalue weighted by molar-refractivity contribution is -0.160. The number of carbonyl (C=O) groups excluding carboxylic acids is 1. The van der Waals surface area contributed by atoms with Gasteiger partial charge in [0.2, 0.25) is 0 Å². The molecule has 0 aromatic carbocycles. The highest BCUT2D eigenvalue weighted by Gasteiger charge is 2.30. The van der Waals surface area contributed by atoms with Crippen LogP contribution >= 0.6 is 0 Å². The smallest absolute Gasteiger partial charge is 0.422 e. The van der Waals surface area contributed by atoms with Crippen LogP contribution in [0.4, 0.5) is 18.0 Å². The standard InChI is InChI=1S/C8H12F3NO3/c9-8(10,11)5-15-7(13)12-6-1-3-14-4-2-6/h6H,1-5H2,(H,12,13). The molecule has 15 heavy (non-hydrogen) atoms. The Balaban J connectivity index is 2.17. The highest BCUT2D eigenvalue weighted by molar-refractivity contribution is 5.67. The molecular weight excluding hydrogens is 215 g/mol. The Kier molecular flexibility index (Phi) is 4.19. The molecule has 1 saturated heterocycles. The predicted octanol–water partition coefficient (Wildman–Crippen LogP) is 1.45. The van der Waals surface area contributed by atoms with Gasteiger partial charge in [-0.15, -0.1) is 0 Å². The lowest BCUT2D eigenvalue weighted by Crippen LogP contribution is -2.40. The zero-order valence-electron chi connectivity index (χ0n) is 7.97. The number of hydrogen-bond donors (Lipinski definition) is 1. The van der Waals surface area contributed by atoms with E-state index >= 15 is 0 Å². The van der Waals surface area contributed by atoms with Gasteiger partial charge < -0.3 is 14.8 Å². The van der Waals surface area contributed by atoms with E-state index in [1.54, 1.807) is 0 Å². The van der Waals surface area contributed by atoms with Crippen LogP contribution in [0.5, 0.6) is 0 Å². The number of alkyl halides is 3. The maximum absolute atomic E-state index is 11.7. The number of nitrogens with one attached hydrogen (secondary N) is 1. The molecule has 1 aliphatic rings. The first-order valence-corrected chi connectivity index (χ1v) is 4.55. The minimum Gasteiger partial charge on any atom is -0.440 e. The van der Waals surface area contributed by atoms with Crippen molar-refractivity contribution in [2.75, 3.05) is 19.8 Å². The van der Waals surface area contributed by atoms with Crippen LogP contribution in [0.3, 0.4) is 0 Å². The van der Waals surface area contributed by atoms with Gasteiger partial charge in [0.1, 0.15) is 0 Å². The van der Waals surface area contributed by atoms with E-state index in [1.807, 2.05) is 0 Å². The SMILES string of the molecule is O=C(NC1CCOCC1)OCC(F)(F)F. The summed E-state index contributed by atoms with van der Waals surface area (Å²) in [5.41, 5.74) is 0. The minimum absolute atomic E-state index is 0.153. The summed E-state index contributed by atoms with van der Waals surface area (Å²) in [6.45, 7) is -0.545. The first-order valence-electron chi connectivity index (χ1n) is 4.55. The van der Waals surface area contributed by atoms with E-state index in [-0.39, 0.29) is 6.04 Å². The molecule has 0 aromatic heterocycles. The summed E-state index contributed by atoms with van der Waals surface area (Å²) in [5, 5.41) is 2.35. The molecule has 1 heterocycles. The summed E-state index contributed by atoms with van der Waals surface area (Å²) in [6.07, 6.45) is -4.31. The average Bonchev–Trinajstić information content (AvgIpc) is 2.15. The first-order chi connectivity index (χ1) is 6.97. The molecule has 4 nitrogen and oxygen atoms in total. The fraction of sp³-hybridized carbons (Fsp3) is 0.875. The third kappa shape index (κ3) is 5.46. The van der Waals surface area contributed by atoms with Gasteiger partial charge in [0.25, 0.3) is 0 Å². The molecule has 1 fully saturated rings. The van der Waals surface area contributed by atoms with Gasteiger partial charge in [0, 0.05) is 19.3 Å². The summed E-state index contributed by atoms with van der Waals surface area (Å²) in [7, 11) is 0. The molecule has 0 saturated carbocycles. The van der Waals surface area contributed by atoms with Gasteiger partial charge in [0.05, 0.1) is 0 Å². The molecule has 1 amide bonds. The Labute approximate surface area is 84.7 Å². The number of ether oxygens (including phenoxy) is 2. The largest absolute Gasteiger partial charge is 0.440 e. The Bertz CT molecular complexity index is 214. The maximum Gasteiger partial charge on any atom is 0.422 e. The molecular formula is C8H12F3NO3. The molecule has 0 bridgehead atoms. The topological polar surface area (TPSA) is 47.6 Å². The first kappa shape index (κ1) is 12.1. The van der Waals surface area contributed by atoms with Gasteiger partial charge in [-0.05, 0) is 12.8 Å². The molecule has 0 radical (unpaired) electrons. The normalized spacial score (nSPS) is 18.6. The molecule has 0 atom stereocenters. The summed E-state index contributed by atoms with van der Waals surface area (Å²) >= 11 is 0. The summed E-state index contributed by atoms with van der Waals surface area (Å²) in [6, 6.07) is -0.153. The van der Waals surface area contributed by atoms with Crippen molar-refractivity contribution in [2.24, 2.45) is 0 Å². The van der Waals surface area contributed by atoms with Crippen molar-refractivity contribution in [3.05, 3.63) is 0 Å². The molecule has 0 spiro atoms. The lowest BCUT2D eigenvalue weighted by Gasteiger charge is -2.22. The van der Waals surface area contributed by atoms with Gasteiger partial charge >= 0.3 is 12.3 Å². The van der Waals surface area contributed by atoms with E-state index in [1.165, 1.54) is 0 Å². The van der Waals surface area contributed by atoms with Crippen molar-refractivity contribution in [1.29, 1.82) is 0 Å². The average molecular weight is 227 g/mol. The van der Waals surface area contributed by atoms with Crippen molar-refractivity contribution >= 4 is 6.09 Å². The third-order valence-electron chi connectivity index (χ3n) is 1.91. The highest BCUT2D eigenvalue weighted by atomic mass is 19.4. The van der Waals surface area contributed by atoms with Crippen molar-refractivity contribution in [3.63, 3.8) is 0 Å². The molecule has 0 unspecified atom stereocenters. The fourth-order valence-electron chi connectivity index (χ4n) is 1.20. The van der Waals surface area contributed by atoms with Crippen LogP contribution in [-0.2, 0) is 9.47 Å². The molecule has 88 valence electrons. The van der Waals surface area contributed by atoms with Crippen LogP contribution < -0.4 is 5.32 Å². The lowest BCUT2D eigenvalue weighted by atomic mass is 10.1. The number of alkyl carbamates (subject to hydrolysis) is 1. The van der Waals surface area contributed by atoms with Crippen LogP contribution in [-0.4, -0.2) is 38.1 Å². The molecule has 7 heteroatoms. The minimum atomic E-state index is -4.48. The van der Waals surface area contributed by atoms with Crippen molar-refractivity contribution in [3.8, 4) is 0 Å².